The first-order valence-electron chi connectivity index (χ1n) is 10.4. The Morgan fingerprint density at radius 2 is 0.972 bits per heavy atom. The molecule has 0 saturated carbocycles. The van der Waals surface area contributed by atoms with Crippen LogP contribution in [0.2, 0.25) is 0 Å². The zero-order valence-corrected chi connectivity index (χ0v) is 20.8. The van der Waals surface area contributed by atoms with Crippen LogP contribution in [0.5, 0.6) is 34.5 Å². The lowest BCUT2D eigenvalue weighted by Gasteiger charge is -2.17. The van der Waals surface area contributed by atoms with E-state index in [0.29, 0.717) is 11.5 Å². The Balaban J connectivity index is 2.12. The number of hydrogen-bond donors (Lipinski definition) is 0. The molecule has 0 heterocycles. The van der Waals surface area contributed by atoms with E-state index in [1.807, 2.05) is 0 Å². The van der Waals surface area contributed by atoms with Crippen LogP contribution >= 0.6 is 0 Å². The highest BCUT2D eigenvalue weighted by Gasteiger charge is 2.27. The minimum atomic E-state index is -0.939. The minimum absolute atomic E-state index is 0.0174. The summed E-state index contributed by atoms with van der Waals surface area (Å²) in [6, 6.07) is 5.79. The zero-order valence-electron chi connectivity index (χ0n) is 20.8. The second-order valence-electron chi connectivity index (χ2n) is 6.65. The molecule has 2 aromatic carbocycles. The van der Waals surface area contributed by atoms with Gasteiger partial charge in [0.15, 0.2) is 23.0 Å². The topological polar surface area (TPSA) is 126 Å². The fourth-order valence-corrected chi connectivity index (χ4v) is 3.02. The number of carbonyl (C=O) groups excluding carboxylic acids is 2. The van der Waals surface area contributed by atoms with Crippen LogP contribution in [-0.2, 0) is 19.6 Å². The first-order valence-corrected chi connectivity index (χ1v) is 10.4. The van der Waals surface area contributed by atoms with Crippen LogP contribution < -0.4 is 28.4 Å². The Kier molecular flexibility index (Phi) is 10.9. The van der Waals surface area contributed by atoms with Gasteiger partial charge in [0.25, 0.3) is 0 Å². The van der Waals surface area contributed by atoms with Crippen LogP contribution in [-0.4, -0.2) is 54.6 Å². The van der Waals surface area contributed by atoms with Gasteiger partial charge in [-0.1, -0.05) is 6.92 Å². The van der Waals surface area contributed by atoms with Crippen molar-refractivity contribution in [3.63, 3.8) is 0 Å². The number of ether oxygens (including phenoxy) is 6. The third kappa shape index (κ3) is 6.40. The van der Waals surface area contributed by atoms with Crippen LogP contribution in [0.1, 0.15) is 33.6 Å². The lowest BCUT2D eigenvalue weighted by atomic mass is 10.1. The summed E-state index contributed by atoms with van der Waals surface area (Å²) in [4.78, 5) is 44.9. The van der Waals surface area contributed by atoms with Gasteiger partial charge in [-0.25, -0.2) is 9.59 Å². The zero-order chi connectivity index (χ0) is 26.7. The van der Waals surface area contributed by atoms with Gasteiger partial charge in [0.05, 0.1) is 42.7 Å². The van der Waals surface area contributed by atoms with Gasteiger partial charge in [-0.3, -0.25) is 9.78 Å². The first kappa shape index (κ1) is 28.3. The summed E-state index contributed by atoms with van der Waals surface area (Å²) in [5.41, 5.74) is -0.0348. The molecule has 0 atom stereocenters. The lowest BCUT2D eigenvalue weighted by Crippen LogP contribution is -2.17. The van der Waals surface area contributed by atoms with E-state index in [-0.39, 0.29) is 53.3 Å². The lowest BCUT2D eigenvalue weighted by molar-refractivity contribution is -0.363. The smallest absolute Gasteiger partial charge is 0.377 e. The number of benzene rings is 2. The minimum Gasteiger partial charge on any atom is -0.493 e. The monoisotopic (exact) mass is 508 g/mol. The van der Waals surface area contributed by atoms with Gasteiger partial charge >= 0.3 is 18.2 Å². The average molecular weight is 508 g/mol. The number of rotatable bonds is 14. The highest BCUT2D eigenvalue weighted by atomic mass is 17.3. The molecule has 2 radical (unpaired) electrons. The standard InChI is InChI=1S/C24H28O12/c1-8-9-18(33-35-23(25)14-10-12-16(27-2)21(31-6)19(14)29-4)34-36-24(26)15-11-13-17(28-3)22(32-7)20(15)30-5/h10-13H,1,8-9H2,2-7H3. The van der Waals surface area contributed by atoms with Gasteiger partial charge in [0.2, 0.25) is 11.5 Å². The van der Waals surface area contributed by atoms with Crippen LogP contribution in [0.25, 0.3) is 0 Å². The molecular formula is C24H28O12. The van der Waals surface area contributed by atoms with E-state index in [2.05, 4.69) is 6.92 Å². The summed E-state index contributed by atoms with van der Waals surface area (Å²) in [6.07, 6.45) is -0.0400. The molecule has 2 aromatic rings. The quantitative estimate of drug-likeness (QED) is 0.273. The summed E-state index contributed by atoms with van der Waals surface area (Å²) in [6.45, 7) is 3.67. The van der Waals surface area contributed by atoms with Crippen molar-refractivity contribution in [3.8, 4) is 34.5 Å². The highest BCUT2D eigenvalue weighted by Crippen LogP contribution is 2.41. The third-order valence-electron chi connectivity index (χ3n) is 4.65. The molecule has 196 valence electrons. The predicted molar refractivity (Wildman–Crippen MR) is 123 cm³/mol. The van der Waals surface area contributed by atoms with Crippen molar-refractivity contribution < 1.29 is 57.6 Å². The molecule has 12 nitrogen and oxygen atoms in total. The molecule has 0 N–H and O–H groups in total. The molecule has 0 aliphatic heterocycles. The fourth-order valence-electron chi connectivity index (χ4n) is 3.02. The summed E-state index contributed by atoms with van der Waals surface area (Å²) in [7, 11) is 8.35. The molecule has 0 amide bonds. The molecule has 36 heavy (non-hydrogen) atoms. The maximum Gasteiger partial charge on any atom is 0.377 e. The van der Waals surface area contributed by atoms with Crippen molar-refractivity contribution in [2.45, 2.75) is 12.8 Å². The maximum absolute atomic E-state index is 12.6. The van der Waals surface area contributed by atoms with Crippen molar-refractivity contribution in [1.29, 1.82) is 0 Å². The van der Waals surface area contributed by atoms with E-state index in [9.17, 15) is 9.59 Å². The predicted octanol–water partition coefficient (Wildman–Crippen LogP) is 3.72. The van der Waals surface area contributed by atoms with Gasteiger partial charge in [0, 0.05) is 6.42 Å². The number of carbonyl (C=O) groups is 2. The molecule has 0 aliphatic carbocycles. The Hall–Kier alpha value is -3.90. The average Bonchev–Trinajstić information content (AvgIpc) is 2.91. The number of hydrogen-bond acceptors (Lipinski definition) is 12. The Morgan fingerprint density at radius 3 is 1.28 bits per heavy atom. The molecule has 0 saturated heterocycles. The normalized spacial score (nSPS) is 10.4. The Bertz CT molecular complexity index is 957. The summed E-state index contributed by atoms with van der Waals surface area (Å²) < 4.78 is 31.4. The Labute approximate surface area is 208 Å². The molecule has 0 aliphatic rings. The highest BCUT2D eigenvalue weighted by molar-refractivity contribution is 5.94. The number of methoxy groups -OCH3 is 6. The fraction of sp³-hybridized carbons (Fsp3) is 0.333. The van der Waals surface area contributed by atoms with Gasteiger partial charge in [-0.15, -0.1) is 9.78 Å². The molecule has 0 bridgehead atoms. The SMILES string of the molecule is [CH2]CC[C](OOC(=O)c1ccc(OC)c(OC)c1OC)OOC(=O)c1ccc(OC)c(OC)c1OC. The van der Waals surface area contributed by atoms with Gasteiger partial charge in [-0.05, 0) is 30.7 Å². The van der Waals surface area contributed by atoms with Crippen LogP contribution in [0.15, 0.2) is 24.3 Å². The summed E-state index contributed by atoms with van der Waals surface area (Å²) in [5, 5.41) is 0. The van der Waals surface area contributed by atoms with E-state index < -0.39 is 11.9 Å². The van der Waals surface area contributed by atoms with Crippen molar-refractivity contribution in [1.82, 2.24) is 0 Å². The van der Waals surface area contributed by atoms with Gasteiger partial charge in [-0.2, -0.15) is 0 Å². The molecular weight excluding hydrogens is 480 g/mol. The molecule has 0 spiro atoms. The third-order valence-corrected chi connectivity index (χ3v) is 4.65. The molecule has 0 fully saturated rings. The van der Waals surface area contributed by atoms with E-state index >= 15 is 0 Å². The first-order chi connectivity index (χ1) is 17.4. The molecule has 0 unspecified atom stereocenters. The van der Waals surface area contributed by atoms with Crippen molar-refractivity contribution >= 4 is 11.9 Å². The molecule has 0 aromatic heterocycles. The summed E-state index contributed by atoms with van der Waals surface area (Å²) >= 11 is 0. The van der Waals surface area contributed by atoms with Crippen molar-refractivity contribution in [3.05, 3.63) is 48.6 Å². The molecule has 2 rings (SSSR count). The van der Waals surface area contributed by atoms with E-state index in [0.717, 1.165) is 0 Å². The van der Waals surface area contributed by atoms with Crippen LogP contribution in [0.3, 0.4) is 0 Å². The van der Waals surface area contributed by atoms with Crippen molar-refractivity contribution in [2.75, 3.05) is 42.7 Å². The van der Waals surface area contributed by atoms with Crippen LogP contribution in [0, 0.1) is 13.2 Å². The van der Waals surface area contributed by atoms with Crippen molar-refractivity contribution in [2.24, 2.45) is 0 Å². The van der Waals surface area contributed by atoms with Gasteiger partial charge < -0.3 is 28.4 Å². The second kappa shape index (κ2) is 13.9. The second-order valence-corrected chi connectivity index (χ2v) is 6.65. The van der Waals surface area contributed by atoms with Crippen LogP contribution in [0.4, 0.5) is 0 Å². The van der Waals surface area contributed by atoms with E-state index in [4.69, 9.17) is 48.0 Å². The largest absolute Gasteiger partial charge is 0.493 e. The van der Waals surface area contributed by atoms with E-state index in [1.54, 1.807) is 0 Å². The van der Waals surface area contributed by atoms with E-state index in [1.165, 1.54) is 66.9 Å². The maximum atomic E-state index is 12.6. The Morgan fingerprint density at radius 1 is 0.583 bits per heavy atom. The van der Waals surface area contributed by atoms with Gasteiger partial charge in [0.1, 0.15) is 11.1 Å². The summed E-state index contributed by atoms with van der Waals surface area (Å²) in [5.74, 6) is -0.685. The molecule has 12 heteroatoms.